The summed E-state index contributed by atoms with van der Waals surface area (Å²) in [5.41, 5.74) is 0.857. The van der Waals surface area contributed by atoms with Crippen LogP contribution in [0.2, 0.25) is 5.02 Å². The Bertz CT molecular complexity index is 1070. The predicted molar refractivity (Wildman–Crippen MR) is 113 cm³/mol. The number of urea groups is 1. The highest BCUT2D eigenvalue weighted by molar-refractivity contribution is 6.31. The molecular weight excluding hydrogens is 431 g/mol. The Hall–Kier alpha value is -2.78. The maximum absolute atomic E-state index is 13.0. The minimum Gasteiger partial charge on any atom is -0.341 e. The molecule has 3 aromatic rings. The molecule has 6 nitrogen and oxygen atoms in total. The number of anilines is 1. The van der Waals surface area contributed by atoms with Crippen molar-refractivity contribution in [2.24, 2.45) is 0 Å². The Labute approximate surface area is 181 Å². The van der Waals surface area contributed by atoms with Gasteiger partial charge in [-0.05, 0) is 50.2 Å². The molecule has 0 spiro atoms. The first-order chi connectivity index (χ1) is 14.7. The van der Waals surface area contributed by atoms with Crippen molar-refractivity contribution in [1.29, 1.82) is 0 Å². The van der Waals surface area contributed by atoms with Gasteiger partial charge in [0, 0.05) is 18.3 Å². The number of aromatic amines is 1. The average Bonchev–Trinajstić information content (AvgIpc) is 3.14. The van der Waals surface area contributed by atoms with Gasteiger partial charge in [-0.1, -0.05) is 23.7 Å². The number of H-pyrrole nitrogens is 1. The lowest BCUT2D eigenvalue weighted by atomic mass is 9.97. The molecule has 1 saturated heterocycles. The fraction of sp³-hybridized carbons (Fsp3) is 0.333. The lowest BCUT2D eigenvalue weighted by Crippen LogP contribution is -2.46. The van der Waals surface area contributed by atoms with Crippen LogP contribution in [0.15, 0.2) is 42.5 Å². The molecule has 31 heavy (non-hydrogen) atoms. The fourth-order valence-electron chi connectivity index (χ4n) is 3.84. The van der Waals surface area contributed by atoms with Gasteiger partial charge in [-0.2, -0.15) is 13.2 Å². The van der Waals surface area contributed by atoms with E-state index >= 15 is 0 Å². The minimum atomic E-state index is -4.60. The van der Waals surface area contributed by atoms with Gasteiger partial charge in [-0.3, -0.25) is 4.90 Å². The first-order valence-electron chi connectivity index (χ1n) is 9.80. The van der Waals surface area contributed by atoms with Crippen LogP contribution < -0.4 is 10.6 Å². The summed E-state index contributed by atoms with van der Waals surface area (Å²) in [5, 5.41) is 4.92. The Kier molecular flexibility index (Phi) is 5.81. The van der Waals surface area contributed by atoms with Gasteiger partial charge in [-0.25, -0.2) is 9.78 Å². The SMILES string of the molecule is CN1CC[C@@H](NC(=O)Nc2ccc(Cl)c(C(F)(F)F)c2)C[C@@H]1c1nc2ccccc2[nH]1. The quantitative estimate of drug-likeness (QED) is 0.513. The van der Waals surface area contributed by atoms with Crippen LogP contribution in [0.4, 0.5) is 23.7 Å². The highest BCUT2D eigenvalue weighted by atomic mass is 35.5. The molecule has 2 heterocycles. The third-order valence-electron chi connectivity index (χ3n) is 5.46. The number of fused-ring (bicyclic) bond motifs is 1. The molecule has 0 saturated carbocycles. The van der Waals surface area contributed by atoms with Gasteiger partial charge in [-0.15, -0.1) is 0 Å². The molecular formula is C21H21ClF3N5O. The van der Waals surface area contributed by atoms with E-state index in [0.29, 0.717) is 6.42 Å². The summed E-state index contributed by atoms with van der Waals surface area (Å²) in [4.78, 5) is 22.6. The molecule has 164 valence electrons. The van der Waals surface area contributed by atoms with E-state index < -0.39 is 22.8 Å². The number of hydrogen-bond acceptors (Lipinski definition) is 3. The van der Waals surface area contributed by atoms with E-state index in [1.165, 1.54) is 6.07 Å². The zero-order valence-corrected chi connectivity index (χ0v) is 17.4. The number of rotatable bonds is 3. The molecule has 1 aliphatic heterocycles. The van der Waals surface area contributed by atoms with Crippen molar-refractivity contribution < 1.29 is 18.0 Å². The monoisotopic (exact) mass is 451 g/mol. The van der Waals surface area contributed by atoms with Crippen LogP contribution in [0.5, 0.6) is 0 Å². The first-order valence-corrected chi connectivity index (χ1v) is 10.2. The molecule has 3 N–H and O–H groups in total. The molecule has 2 atom stereocenters. The van der Waals surface area contributed by atoms with Crippen molar-refractivity contribution in [1.82, 2.24) is 20.2 Å². The summed E-state index contributed by atoms with van der Waals surface area (Å²) in [5.74, 6) is 0.822. The van der Waals surface area contributed by atoms with E-state index in [4.69, 9.17) is 11.6 Å². The van der Waals surface area contributed by atoms with Crippen LogP contribution in [0, 0.1) is 0 Å². The first kappa shape index (κ1) is 21.5. The van der Waals surface area contributed by atoms with E-state index in [2.05, 4.69) is 25.5 Å². The Morgan fingerprint density at radius 3 is 2.77 bits per heavy atom. The number of halogens is 4. The van der Waals surface area contributed by atoms with Crippen molar-refractivity contribution in [3.63, 3.8) is 0 Å². The zero-order chi connectivity index (χ0) is 22.2. The number of benzene rings is 2. The van der Waals surface area contributed by atoms with Crippen molar-refractivity contribution in [3.05, 3.63) is 58.9 Å². The molecule has 0 bridgehead atoms. The van der Waals surface area contributed by atoms with Gasteiger partial charge in [0.2, 0.25) is 0 Å². The van der Waals surface area contributed by atoms with E-state index in [9.17, 15) is 18.0 Å². The van der Waals surface area contributed by atoms with Crippen molar-refractivity contribution in [2.45, 2.75) is 31.1 Å². The van der Waals surface area contributed by atoms with Gasteiger partial charge in [0.05, 0.1) is 27.7 Å². The number of hydrogen-bond donors (Lipinski definition) is 3. The van der Waals surface area contributed by atoms with Crippen LogP contribution in [0.1, 0.15) is 30.3 Å². The van der Waals surface area contributed by atoms with E-state index in [0.717, 1.165) is 42.0 Å². The van der Waals surface area contributed by atoms with Crippen LogP contribution >= 0.6 is 11.6 Å². The second-order valence-corrected chi connectivity index (χ2v) is 8.05. The number of imidazole rings is 1. The third-order valence-corrected chi connectivity index (χ3v) is 5.79. The van der Waals surface area contributed by atoms with E-state index in [1.807, 2.05) is 31.3 Å². The standard InChI is InChI=1S/C21H21ClF3N5O/c1-30-9-8-13(11-18(30)19-28-16-4-2-3-5-17(16)29-19)27-20(31)26-12-6-7-15(22)14(10-12)21(23,24)25/h2-7,10,13,18H,8-9,11H2,1H3,(H,28,29)(H2,26,27,31)/t13-,18-/m1/s1. The highest BCUT2D eigenvalue weighted by Crippen LogP contribution is 2.36. The summed E-state index contributed by atoms with van der Waals surface area (Å²) in [7, 11) is 2.00. The van der Waals surface area contributed by atoms with Gasteiger partial charge >= 0.3 is 12.2 Å². The van der Waals surface area contributed by atoms with Crippen molar-refractivity contribution >= 4 is 34.4 Å². The van der Waals surface area contributed by atoms with Gasteiger partial charge in [0.25, 0.3) is 0 Å². The smallest absolute Gasteiger partial charge is 0.341 e. The highest BCUT2D eigenvalue weighted by Gasteiger charge is 2.34. The van der Waals surface area contributed by atoms with Gasteiger partial charge in [0.1, 0.15) is 5.82 Å². The van der Waals surface area contributed by atoms with Crippen LogP contribution in [0.3, 0.4) is 0 Å². The molecule has 2 amide bonds. The summed E-state index contributed by atoms with van der Waals surface area (Å²) >= 11 is 5.63. The largest absolute Gasteiger partial charge is 0.417 e. The normalized spacial score (nSPS) is 20.0. The number of alkyl halides is 3. The number of para-hydroxylation sites is 2. The number of piperidine rings is 1. The molecule has 1 aromatic heterocycles. The number of carbonyl (C=O) groups excluding carboxylic acids is 1. The number of carbonyl (C=O) groups is 1. The molecule has 0 unspecified atom stereocenters. The molecule has 10 heteroatoms. The topological polar surface area (TPSA) is 73.1 Å². The molecule has 1 fully saturated rings. The van der Waals surface area contributed by atoms with E-state index in [-0.39, 0.29) is 17.8 Å². The molecule has 1 aliphatic rings. The van der Waals surface area contributed by atoms with Gasteiger partial charge in [0.15, 0.2) is 0 Å². The predicted octanol–water partition coefficient (Wildman–Crippen LogP) is 5.19. The lowest BCUT2D eigenvalue weighted by molar-refractivity contribution is -0.137. The number of likely N-dealkylation sites (tertiary alicyclic amines) is 1. The Balaban J connectivity index is 1.43. The third kappa shape index (κ3) is 4.77. The van der Waals surface area contributed by atoms with Gasteiger partial charge < -0.3 is 15.6 Å². The molecule has 0 radical (unpaired) electrons. The molecule has 0 aliphatic carbocycles. The van der Waals surface area contributed by atoms with Crippen molar-refractivity contribution in [3.8, 4) is 0 Å². The molecule has 2 aromatic carbocycles. The van der Waals surface area contributed by atoms with Crippen LogP contribution in [-0.4, -0.2) is 40.5 Å². The fourth-order valence-corrected chi connectivity index (χ4v) is 4.06. The minimum absolute atomic E-state index is 0.0150. The number of amides is 2. The van der Waals surface area contributed by atoms with Crippen LogP contribution in [-0.2, 0) is 6.18 Å². The maximum atomic E-state index is 13.0. The number of nitrogens with one attached hydrogen (secondary N) is 3. The number of aromatic nitrogens is 2. The second kappa shape index (κ2) is 8.39. The second-order valence-electron chi connectivity index (χ2n) is 7.65. The lowest BCUT2D eigenvalue weighted by Gasteiger charge is -2.36. The summed E-state index contributed by atoms with van der Waals surface area (Å²) in [6.45, 7) is 0.742. The van der Waals surface area contributed by atoms with Crippen molar-refractivity contribution in [2.75, 3.05) is 18.9 Å². The van der Waals surface area contributed by atoms with E-state index in [1.54, 1.807) is 0 Å². The van der Waals surface area contributed by atoms with Crippen LogP contribution in [0.25, 0.3) is 11.0 Å². The zero-order valence-electron chi connectivity index (χ0n) is 16.6. The number of nitrogens with zero attached hydrogens (tertiary/aromatic N) is 2. The Morgan fingerprint density at radius 1 is 1.26 bits per heavy atom. The Morgan fingerprint density at radius 2 is 2.03 bits per heavy atom. The average molecular weight is 452 g/mol. The summed E-state index contributed by atoms with van der Waals surface area (Å²) in [6.07, 6.45) is -3.26. The molecule has 4 rings (SSSR count). The summed E-state index contributed by atoms with van der Waals surface area (Å²) < 4.78 is 39.1. The maximum Gasteiger partial charge on any atom is 0.417 e. The summed E-state index contributed by atoms with van der Waals surface area (Å²) in [6, 6.07) is 10.3.